The van der Waals surface area contributed by atoms with Gasteiger partial charge in [-0.3, -0.25) is 4.68 Å². The fraction of sp³-hybridized carbons (Fsp3) is 0.778. The van der Waals surface area contributed by atoms with Crippen LogP contribution in [0, 0.1) is 5.41 Å². The Hall–Kier alpha value is -1.56. The fourth-order valence-electron chi connectivity index (χ4n) is 4.54. The Morgan fingerprint density at radius 1 is 1.25 bits per heavy atom. The van der Waals surface area contributed by atoms with Crippen molar-refractivity contribution in [2.75, 3.05) is 25.0 Å². The van der Waals surface area contributed by atoms with E-state index < -0.39 is 0 Å². The summed E-state index contributed by atoms with van der Waals surface area (Å²) in [6.07, 6.45) is 13.9. The minimum Gasteiger partial charge on any atom is -0.376 e. The molecule has 1 atom stereocenters. The van der Waals surface area contributed by atoms with Gasteiger partial charge in [0.25, 0.3) is 0 Å². The number of anilines is 1. The summed E-state index contributed by atoms with van der Waals surface area (Å²) >= 11 is 0. The van der Waals surface area contributed by atoms with E-state index in [0.717, 1.165) is 44.8 Å². The number of urea groups is 1. The van der Waals surface area contributed by atoms with Crippen molar-refractivity contribution in [2.24, 2.45) is 5.41 Å². The van der Waals surface area contributed by atoms with E-state index in [9.17, 15) is 4.79 Å². The molecule has 3 heterocycles. The maximum Gasteiger partial charge on any atom is 0.321 e. The first-order chi connectivity index (χ1) is 11.7. The van der Waals surface area contributed by atoms with Gasteiger partial charge in [0.1, 0.15) is 0 Å². The number of rotatable bonds is 3. The smallest absolute Gasteiger partial charge is 0.321 e. The van der Waals surface area contributed by atoms with Gasteiger partial charge in [0.15, 0.2) is 0 Å². The van der Waals surface area contributed by atoms with Gasteiger partial charge in [-0.1, -0.05) is 12.8 Å². The average molecular weight is 332 g/mol. The molecule has 1 aliphatic carbocycles. The second-order valence-electron chi connectivity index (χ2n) is 7.71. The Balaban J connectivity index is 1.27. The number of aromatic nitrogens is 2. The molecule has 1 spiro atoms. The van der Waals surface area contributed by atoms with Gasteiger partial charge < -0.3 is 15.0 Å². The highest BCUT2D eigenvalue weighted by atomic mass is 16.5. The molecule has 2 saturated heterocycles. The minimum atomic E-state index is 0.0134. The SMILES string of the molecule is O=C(Nc1cnn(C[C@@H]2CCCO2)c1)N1CCC2(CCCC2)CC1. The molecule has 0 radical (unpaired) electrons. The number of nitrogens with zero attached hydrogens (tertiary/aromatic N) is 3. The monoisotopic (exact) mass is 332 g/mol. The summed E-state index contributed by atoms with van der Waals surface area (Å²) in [6, 6.07) is 0.0134. The topological polar surface area (TPSA) is 59.4 Å². The average Bonchev–Trinajstić information content (AvgIpc) is 3.32. The number of likely N-dealkylation sites (tertiary alicyclic amines) is 1. The van der Waals surface area contributed by atoms with Crippen molar-refractivity contribution in [1.29, 1.82) is 0 Å². The number of amides is 2. The first kappa shape index (κ1) is 15.9. The van der Waals surface area contributed by atoms with E-state index in [0.29, 0.717) is 5.41 Å². The van der Waals surface area contributed by atoms with Crippen LogP contribution in [-0.4, -0.2) is 46.5 Å². The molecule has 1 aromatic rings. The fourth-order valence-corrected chi connectivity index (χ4v) is 4.54. The van der Waals surface area contributed by atoms with Gasteiger partial charge >= 0.3 is 6.03 Å². The number of carbonyl (C=O) groups excluding carboxylic acids is 1. The van der Waals surface area contributed by atoms with E-state index in [4.69, 9.17) is 4.74 Å². The third kappa shape index (κ3) is 3.43. The van der Waals surface area contributed by atoms with Crippen LogP contribution in [0.1, 0.15) is 51.4 Å². The highest BCUT2D eigenvalue weighted by molar-refractivity contribution is 5.89. The highest BCUT2D eigenvalue weighted by Crippen LogP contribution is 2.46. The maximum atomic E-state index is 12.5. The Bertz CT molecular complexity index is 563. The number of piperidine rings is 1. The van der Waals surface area contributed by atoms with Crippen molar-refractivity contribution in [3.05, 3.63) is 12.4 Å². The Morgan fingerprint density at radius 2 is 2.04 bits per heavy atom. The van der Waals surface area contributed by atoms with Crippen LogP contribution < -0.4 is 5.32 Å². The van der Waals surface area contributed by atoms with Crippen LogP contribution in [0.4, 0.5) is 10.5 Å². The molecule has 3 fully saturated rings. The van der Waals surface area contributed by atoms with Crippen molar-refractivity contribution < 1.29 is 9.53 Å². The molecule has 6 heteroatoms. The quantitative estimate of drug-likeness (QED) is 0.924. The van der Waals surface area contributed by atoms with Crippen molar-refractivity contribution in [1.82, 2.24) is 14.7 Å². The normalized spacial score (nSPS) is 26.2. The Morgan fingerprint density at radius 3 is 2.75 bits per heavy atom. The van der Waals surface area contributed by atoms with Crippen LogP contribution in [-0.2, 0) is 11.3 Å². The molecule has 24 heavy (non-hydrogen) atoms. The van der Waals surface area contributed by atoms with Gasteiger partial charge in [-0.15, -0.1) is 0 Å². The number of ether oxygens (including phenoxy) is 1. The van der Waals surface area contributed by atoms with Crippen molar-refractivity contribution in [2.45, 2.75) is 64.0 Å². The van der Waals surface area contributed by atoms with Crippen LogP contribution in [0.15, 0.2) is 12.4 Å². The number of carbonyl (C=O) groups is 1. The number of hydrogen-bond acceptors (Lipinski definition) is 3. The minimum absolute atomic E-state index is 0.0134. The third-order valence-electron chi connectivity index (χ3n) is 6.07. The second kappa shape index (κ2) is 6.75. The predicted octanol–water partition coefficient (Wildman–Crippen LogP) is 3.25. The lowest BCUT2D eigenvalue weighted by molar-refractivity contribution is 0.0940. The summed E-state index contributed by atoms with van der Waals surface area (Å²) in [5.74, 6) is 0. The third-order valence-corrected chi connectivity index (χ3v) is 6.07. The van der Waals surface area contributed by atoms with Crippen molar-refractivity contribution >= 4 is 11.7 Å². The molecule has 0 bridgehead atoms. The lowest BCUT2D eigenvalue weighted by Gasteiger charge is -2.39. The van der Waals surface area contributed by atoms with Gasteiger partial charge in [0.2, 0.25) is 0 Å². The van der Waals surface area contributed by atoms with E-state index in [2.05, 4.69) is 10.4 Å². The summed E-state index contributed by atoms with van der Waals surface area (Å²) in [6.45, 7) is 3.39. The predicted molar refractivity (Wildman–Crippen MR) is 91.9 cm³/mol. The molecule has 0 unspecified atom stereocenters. The Kier molecular flexibility index (Phi) is 4.48. The molecule has 2 amide bonds. The lowest BCUT2D eigenvalue weighted by Crippen LogP contribution is -2.44. The van der Waals surface area contributed by atoms with Crippen LogP contribution in [0.5, 0.6) is 0 Å². The molecule has 1 saturated carbocycles. The van der Waals surface area contributed by atoms with Crippen LogP contribution in [0.3, 0.4) is 0 Å². The zero-order valence-electron chi connectivity index (χ0n) is 14.4. The van der Waals surface area contributed by atoms with Gasteiger partial charge in [0, 0.05) is 25.9 Å². The van der Waals surface area contributed by atoms with Crippen LogP contribution >= 0.6 is 0 Å². The van der Waals surface area contributed by atoms with Crippen molar-refractivity contribution in [3.8, 4) is 0 Å². The van der Waals surface area contributed by atoms with Gasteiger partial charge in [-0.2, -0.15) is 5.10 Å². The summed E-state index contributed by atoms with van der Waals surface area (Å²) in [5, 5.41) is 7.34. The first-order valence-electron chi connectivity index (χ1n) is 9.43. The number of hydrogen-bond donors (Lipinski definition) is 1. The zero-order valence-corrected chi connectivity index (χ0v) is 14.4. The summed E-state index contributed by atoms with van der Waals surface area (Å²) in [4.78, 5) is 14.4. The van der Waals surface area contributed by atoms with E-state index in [-0.39, 0.29) is 12.1 Å². The lowest BCUT2D eigenvalue weighted by atomic mass is 9.77. The molecule has 2 aliphatic heterocycles. The number of nitrogens with one attached hydrogen (secondary N) is 1. The second-order valence-corrected chi connectivity index (χ2v) is 7.71. The van der Waals surface area contributed by atoms with Gasteiger partial charge in [-0.25, -0.2) is 4.79 Å². The standard InChI is InChI=1S/C18H28N4O2/c23-17(21-9-7-18(8-10-21)5-1-2-6-18)20-15-12-19-22(13-15)14-16-4-3-11-24-16/h12-13,16H,1-11,14H2,(H,20,23)/t16-/m0/s1. The molecule has 6 nitrogen and oxygen atoms in total. The van der Waals surface area contributed by atoms with E-state index in [1.54, 1.807) is 6.20 Å². The zero-order chi connectivity index (χ0) is 16.4. The summed E-state index contributed by atoms with van der Waals surface area (Å²) in [5.41, 5.74) is 1.32. The summed E-state index contributed by atoms with van der Waals surface area (Å²) in [7, 11) is 0. The summed E-state index contributed by atoms with van der Waals surface area (Å²) < 4.78 is 7.50. The van der Waals surface area contributed by atoms with Gasteiger partial charge in [0.05, 0.1) is 24.5 Å². The molecule has 3 aliphatic rings. The molecule has 4 rings (SSSR count). The van der Waals surface area contributed by atoms with Crippen LogP contribution in [0.25, 0.3) is 0 Å². The molecule has 132 valence electrons. The molecule has 0 aromatic carbocycles. The largest absolute Gasteiger partial charge is 0.376 e. The highest BCUT2D eigenvalue weighted by Gasteiger charge is 2.37. The van der Waals surface area contributed by atoms with E-state index in [1.165, 1.54) is 38.5 Å². The first-order valence-corrected chi connectivity index (χ1v) is 9.43. The van der Waals surface area contributed by atoms with Gasteiger partial charge in [-0.05, 0) is 43.9 Å². The molecular formula is C18H28N4O2. The Labute approximate surface area is 143 Å². The van der Waals surface area contributed by atoms with Crippen LogP contribution in [0.2, 0.25) is 0 Å². The maximum absolute atomic E-state index is 12.5. The van der Waals surface area contributed by atoms with E-state index in [1.807, 2.05) is 15.8 Å². The van der Waals surface area contributed by atoms with Crippen molar-refractivity contribution in [3.63, 3.8) is 0 Å². The molecule has 1 N–H and O–H groups in total. The molecule has 1 aromatic heterocycles. The molecular weight excluding hydrogens is 304 g/mol. The van der Waals surface area contributed by atoms with E-state index >= 15 is 0 Å².